The number of hydrogen-bond acceptors (Lipinski definition) is 2. The van der Waals surface area contributed by atoms with Gasteiger partial charge in [-0.3, -0.25) is 4.90 Å². The van der Waals surface area contributed by atoms with Crippen LogP contribution in [0, 0.1) is 5.92 Å². The summed E-state index contributed by atoms with van der Waals surface area (Å²) in [6.07, 6.45) is 4.01. The van der Waals surface area contributed by atoms with Gasteiger partial charge in [-0.05, 0) is 61.9 Å². The first-order chi connectivity index (χ1) is 8.83. The summed E-state index contributed by atoms with van der Waals surface area (Å²) < 4.78 is 0. The molecule has 1 aliphatic heterocycles. The van der Waals surface area contributed by atoms with Crippen LogP contribution in [0.3, 0.4) is 0 Å². The van der Waals surface area contributed by atoms with Crippen LogP contribution < -0.4 is 5.73 Å². The first kappa shape index (κ1) is 12.2. The Morgan fingerprint density at radius 3 is 2.67 bits per heavy atom. The maximum Gasteiger partial charge on any atom is 0.0388 e. The monoisotopic (exact) mass is 244 g/mol. The Kier molecular flexibility index (Phi) is 3.40. The van der Waals surface area contributed by atoms with Crippen molar-refractivity contribution in [2.45, 2.75) is 38.1 Å². The standard InChI is InChI=1S/C16H24N2/c1-2-18-9-8-15(11-17)16(18)14-5-3-4-13(10-14)12-6-7-12/h3-5,10,12,15-16H,2,6-9,11,17H2,1H3. The van der Waals surface area contributed by atoms with Gasteiger partial charge in [0.15, 0.2) is 0 Å². The van der Waals surface area contributed by atoms with Crippen LogP contribution in [0.4, 0.5) is 0 Å². The van der Waals surface area contributed by atoms with Crippen molar-refractivity contribution >= 4 is 0 Å². The summed E-state index contributed by atoms with van der Waals surface area (Å²) >= 11 is 0. The summed E-state index contributed by atoms with van der Waals surface area (Å²) in [6.45, 7) is 5.41. The Bertz CT molecular complexity index is 399. The molecule has 1 aliphatic carbocycles. The van der Waals surface area contributed by atoms with Gasteiger partial charge in [-0.1, -0.05) is 31.2 Å². The fourth-order valence-electron chi connectivity index (χ4n) is 3.42. The normalized spacial score (nSPS) is 28.8. The number of hydrogen-bond donors (Lipinski definition) is 1. The van der Waals surface area contributed by atoms with E-state index in [0.717, 1.165) is 19.0 Å². The molecule has 1 aromatic carbocycles. The van der Waals surface area contributed by atoms with Gasteiger partial charge in [0.2, 0.25) is 0 Å². The lowest BCUT2D eigenvalue weighted by Gasteiger charge is -2.27. The zero-order chi connectivity index (χ0) is 12.5. The summed E-state index contributed by atoms with van der Waals surface area (Å²) in [5.74, 6) is 1.48. The van der Waals surface area contributed by atoms with Crippen molar-refractivity contribution in [1.29, 1.82) is 0 Å². The van der Waals surface area contributed by atoms with Gasteiger partial charge in [0.25, 0.3) is 0 Å². The Balaban J connectivity index is 1.88. The van der Waals surface area contributed by atoms with E-state index in [1.165, 1.54) is 31.4 Å². The highest BCUT2D eigenvalue weighted by Gasteiger charge is 2.34. The smallest absolute Gasteiger partial charge is 0.0388 e. The summed E-state index contributed by atoms with van der Waals surface area (Å²) in [5.41, 5.74) is 9.00. The Labute approximate surface area is 110 Å². The minimum absolute atomic E-state index is 0.554. The van der Waals surface area contributed by atoms with E-state index in [9.17, 15) is 0 Å². The van der Waals surface area contributed by atoms with Gasteiger partial charge in [0.1, 0.15) is 0 Å². The SMILES string of the molecule is CCN1CCC(CN)C1c1cccc(C2CC2)c1. The molecule has 2 nitrogen and oxygen atoms in total. The van der Waals surface area contributed by atoms with Gasteiger partial charge in [-0.15, -0.1) is 0 Å². The molecule has 1 saturated heterocycles. The van der Waals surface area contributed by atoms with Crippen molar-refractivity contribution in [2.75, 3.05) is 19.6 Å². The van der Waals surface area contributed by atoms with E-state index >= 15 is 0 Å². The molecule has 2 fully saturated rings. The van der Waals surface area contributed by atoms with Crippen LogP contribution in [0.15, 0.2) is 24.3 Å². The van der Waals surface area contributed by atoms with Crippen LogP contribution in [0.5, 0.6) is 0 Å². The molecule has 2 unspecified atom stereocenters. The molecule has 0 aromatic heterocycles. The first-order valence-corrected chi connectivity index (χ1v) is 7.37. The molecule has 18 heavy (non-hydrogen) atoms. The maximum atomic E-state index is 5.96. The van der Waals surface area contributed by atoms with E-state index in [1.54, 1.807) is 5.56 Å². The number of nitrogens with two attached hydrogens (primary N) is 1. The molecule has 2 atom stereocenters. The van der Waals surface area contributed by atoms with E-state index < -0.39 is 0 Å². The van der Waals surface area contributed by atoms with Gasteiger partial charge >= 0.3 is 0 Å². The minimum atomic E-state index is 0.554. The molecule has 0 bridgehead atoms. The molecular formula is C16H24N2. The van der Waals surface area contributed by atoms with Crippen LogP contribution in [-0.2, 0) is 0 Å². The first-order valence-electron chi connectivity index (χ1n) is 7.37. The van der Waals surface area contributed by atoms with Crippen molar-refractivity contribution in [3.05, 3.63) is 35.4 Å². The number of benzene rings is 1. The highest BCUT2D eigenvalue weighted by molar-refractivity contribution is 5.32. The van der Waals surface area contributed by atoms with Gasteiger partial charge in [-0.2, -0.15) is 0 Å². The zero-order valence-corrected chi connectivity index (χ0v) is 11.3. The fraction of sp³-hybridized carbons (Fsp3) is 0.625. The molecule has 2 aliphatic rings. The van der Waals surface area contributed by atoms with Crippen LogP contribution in [0.1, 0.15) is 49.3 Å². The van der Waals surface area contributed by atoms with Crippen LogP contribution in [0.25, 0.3) is 0 Å². The van der Waals surface area contributed by atoms with E-state index in [1.807, 2.05) is 0 Å². The molecule has 3 rings (SSSR count). The number of rotatable bonds is 4. The molecule has 0 spiro atoms. The van der Waals surface area contributed by atoms with E-state index in [0.29, 0.717) is 12.0 Å². The van der Waals surface area contributed by atoms with Gasteiger partial charge in [-0.25, -0.2) is 0 Å². The second kappa shape index (κ2) is 5.02. The van der Waals surface area contributed by atoms with Crippen molar-refractivity contribution in [3.8, 4) is 0 Å². The fourth-order valence-corrected chi connectivity index (χ4v) is 3.42. The molecule has 1 aromatic rings. The second-order valence-electron chi connectivity index (χ2n) is 5.80. The van der Waals surface area contributed by atoms with Crippen molar-refractivity contribution < 1.29 is 0 Å². The molecule has 0 amide bonds. The maximum absolute atomic E-state index is 5.96. The quantitative estimate of drug-likeness (QED) is 0.882. The van der Waals surface area contributed by atoms with Crippen molar-refractivity contribution in [1.82, 2.24) is 4.90 Å². The average Bonchev–Trinajstić information content (AvgIpc) is 3.18. The molecule has 2 N–H and O–H groups in total. The van der Waals surface area contributed by atoms with Crippen molar-refractivity contribution in [2.24, 2.45) is 11.7 Å². The zero-order valence-electron chi connectivity index (χ0n) is 11.3. The highest BCUT2D eigenvalue weighted by Crippen LogP contribution is 2.42. The minimum Gasteiger partial charge on any atom is -0.330 e. The van der Waals surface area contributed by atoms with Gasteiger partial charge < -0.3 is 5.73 Å². The predicted octanol–water partition coefficient (Wildman–Crippen LogP) is 2.91. The van der Waals surface area contributed by atoms with Crippen LogP contribution in [0.2, 0.25) is 0 Å². The lowest BCUT2D eigenvalue weighted by Crippen LogP contribution is -2.28. The van der Waals surface area contributed by atoms with Gasteiger partial charge in [0, 0.05) is 6.04 Å². The second-order valence-corrected chi connectivity index (χ2v) is 5.80. The summed E-state index contributed by atoms with van der Waals surface area (Å²) in [6, 6.07) is 9.83. The summed E-state index contributed by atoms with van der Waals surface area (Å²) in [4.78, 5) is 2.59. The number of nitrogens with zero attached hydrogens (tertiary/aromatic N) is 1. The Morgan fingerprint density at radius 2 is 2.00 bits per heavy atom. The predicted molar refractivity (Wildman–Crippen MR) is 75.6 cm³/mol. The Morgan fingerprint density at radius 1 is 1.22 bits per heavy atom. The third-order valence-corrected chi connectivity index (χ3v) is 4.64. The average molecular weight is 244 g/mol. The van der Waals surface area contributed by atoms with Crippen LogP contribution >= 0.6 is 0 Å². The van der Waals surface area contributed by atoms with E-state index in [4.69, 9.17) is 5.73 Å². The molecular weight excluding hydrogens is 220 g/mol. The number of likely N-dealkylation sites (tertiary alicyclic amines) is 1. The van der Waals surface area contributed by atoms with Crippen molar-refractivity contribution in [3.63, 3.8) is 0 Å². The van der Waals surface area contributed by atoms with E-state index in [-0.39, 0.29) is 0 Å². The summed E-state index contributed by atoms with van der Waals surface area (Å²) in [5, 5.41) is 0. The molecule has 0 radical (unpaired) electrons. The third kappa shape index (κ3) is 2.19. The topological polar surface area (TPSA) is 29.3 Å². The van der Waals surface area contributed by atoms with Crippen LogP contribution in [-0.4, -0.2) is 24.5 Å². The lowest BCUT2D eigenvalue weighted by molar-refractivity contribution is 0.242. The third-order valence-electron chi connectivity index (χ3n) is 4.64. The highest BCUT2D eigenvalue weighted by atomic mass is 15.2. The largest absolute Gasteiger partial charge is 0.330 e. The molecule has 98 valence electrons. The van der Waals surface area contributed by atoms with E-state index in [2.05, 4.69) is 36.1 Å². The molecule has 1 saturated carbocycles. The van der Waals surface area contributed by atoms with Gasteiger partial charge in [0.05, 0.1) is 0 Å². The summed E-state index contributed by atoms with van der Waals surface area (Å²) in [7, 11) is 0. The lowest BCUT2D eigenvalue weighted by atomic mass is 9.92. The molecule has 2 heteroatoms. The Hall–Kier alpha value is -0.860. The molecule has 1 heterocycles.